The van der Waals surface area contributed by atoms with E-state index in [9.17, 15) is 4.79 Å². The molecule has 0 saturated heterocycles. The van der Waals surface area contributed by atoms with Crippen molar-refractivity contribution < 1.29 is 4.79 Å². The van der Waals surface area contributed by atoms with E-state index in [0.717, 1.165) is 11.3 Å². The van der Waals surface area contributed by atoms with E-state index < -0.39 is 0 Å². The Morgan fingerprint density at radius 1 is 1.47 bits per heavy atom. The monoisotopic (exact) mass is 202 g/mol. The van der Waals surface area contributed by atoms with Crippen LogP contribution in [0.2, 0.25) is 0 Å². The molecule has 0 unspecified atom stereocenters. The number of carbonyl (C=O) groups is 1. The summed E-state index contributed by atoms with van der Waals surface area (Å²) in [7, 11) is 0. The Hall–Kier alpha value is -1.90. The van der Waals surface area contributed by atoms with Gasteiger partial charge in [0.1, 0.15) is 0 Å². The van der Waals surface area contributed by atoms with E-state index in [4.69, 9.17) is 0 Å². The highest BCUT2D eigenvalue weighted by Gasteiger charge is 1.99. The summed E-state index contributed by atoms with van der Waals surface area (Å²) in [5.41, 5.74) is 1.74. The molecule has 0 aromatic carbocycles. The lowest BCUT2D eigenvalue weighted by molar-refractivity contribution is -0.111. The molecule has 3 heteroatoms. The molecule has 0 aliphatic carbocycles. The molecule has 0 bridgehead atoms. The molecule has 0 atom stereocenters. The fourth-order valence-corrected chi connectivity index (χ4v) is 1.02. The van der Waals surface area contributed by atoms with E-state index in [2.05, 4.69) is 10.3 Å². The Bertz CT molecular complexity index is 394. The van der Waals surface area contributed by atoms with Gasteiger partial charge in [0.15, 0.2) is 0 Å². The minimum Gasteiger partial charge on any atom is -0.321 e. The van der Waals surface area contributed by atoms with Crippen molar-refractivity contribution in [3.05, 3.63) is 48.3 Å². The molecule has 15 heavy (non-hydrogen) atoms. The summed E-state index contributed by atoms with van der Waals surface area (Å²) in [6, 6.07) is 1.85. The first kappa shape index (κ1) is 11.2. The van der Waals surface area contributed by atoms with Crippen LogP contribution in [0, 0.1) is 6.92 Å². The van der Waals surface area contributed by atoms with Crippen molar-refractivity contribution in [2.24, 2.45) is 0 Å². The van der Waals surface area contributed by atoms with Gasteiger partial charge in [0, 0.05) is 12.3 Å². The lowest BCUT2D eigenvalue weighted by Crippen LogP contribution is -2.08. The van der Waals surface area contributed by atoms with Gasteiger partial charge in [-0.3, -0.25) is 9.78 Å². The van der Waals surface area contributed by atoms with Crippen molar-refractivity contribution in [1.82, 2.24) is 4.98 Å². The normalized spacial score (nSPS) is 11.1. The van der Waals surface area contributed by atoms with Crippen LogP contribution in [0.15, 0.2) is 42.8 Å². The number of anilines is 1. The third kappa shape index (κ3) is 3.77. The highest BCUT2D eigenvalue weighted by Crippen LogP contribution is 2.10. The molecular weight excluding hydrogens is 188 g/mol. The maximum absolute atomic E-state index is 11.4. The summed E-state index contributed by atoms with van der Waals surface area (Å²) in [4.78, 5) is 15.3. The summed E-state index contributed by atoms with van der Waals surface area (Å²) in [5, 5.41) is 2.75. The molecule has 1 N–H and O–H groups in total. The number of hydrogen-bond acceptors (Lipinski definition) is 2. The zero-order chi connectivity index (χ0) is 11.1. The van der Waals surface area contributed by atoms with Crippen molar-refractivity contribution in [2.45, 2.75) is 13.8 Å². The van der Waals surface area contributed by atoms with Crippen molar-refractivity contribution in [1.29, 1.82) is 0 Å². The highest BCUT2D eigenvalue weighted by molar-refractivity contribution is 5.99. The number of pyridine rings is 1. The SMILES string of the molecule is CC=CC=CC(=O)Nc1cnccc1C. The van der Waals surface area contributed by atoms with E-state index >= 15 is 0 Å². The fourth-order valence-electron chi connectivity index (χ4n) is 1.02. The minimum atomic E-state index is -0.149. The molecule has 1 aromatic heterocycles. The van der Waals surface area contributed by atoms with Crippen LogP contribution in [0.5, 0.6) is 0 Å². The van der Waals surface area contributed by atoms with Crippen LogP contribution in [0.1, 0.15) is 12.5 Å². The van der Waals surface area contributed by atoms with Crippen LogP contribution in [0.25, 0.3) is 0 Å². The summed E-state index contributed by atoms with van der Waals surface area (Å²) < 4.78 is 0. The first-order valence-corrected chi connectivity index (χ1v) is 4.75. The van der Waals surface area contributed by atoms with Crippen LogP contribution in [-0.4, -0.2) is 10.9 Å². The number of aromatic nitrogens is 1. The summed E-state index contributed by atoms with van der Waals surface area (Å²) in [6.45, 7) is 3.82. The first-order valence-electron chi connectivity index (χ1n) is 4.75. The number of aryl methyl sites for hydroxylation is 1. The van der Waals surface area contributed by atoms with Crippen LogP contribution in [-0.2, 0) is 4.79 Å². The van der Waals surface area contributed by atoms with Gasteiger partial charge in [0.2, 0.25) is 5.91 Å². The van der Waals surface area contributed by atoms with Crippen molar-refractivity contribution >= 4 is 11.6 Å². The average molecular weight is 202 g/mol. The predicted molar refractivity (Wildman–Crippen MR) is 61.6 cm³/mol. The standard InChI is InChI=1S/C12H14N2O/c1-3-4-5-6-12(15)14-11-9-13-8-7-10(11)2/h3-9H,1-2H3,(H,14,15). The molecule has 0 aliphatic rings. The quantitative estimate of drug-likeness (QED) is 0.604. The third-order valence-electron chi connectivity index (χ3n) is 1.85. The largest absolute Gasteiger partial charge is 0.321 e. The fraction of sp³-hybridized carbons (Fsp3) is 0.167. The molecule has 0 spiro atoms. The molecule has 1 aromatic rings. The molecule has 1 heterocycles. The van der Waals surface area contributed by atoms with Gasteiger partial charge < -0.3 is 5.32 Å². The number of carbonyl (C=O) groups excluding carboxylic acids is 1. The van der Waals surface area contributed by atoms with E-state index in [1.54, 1.807) is 24.5 Å². The number of amides is 1. The van der Waals surface area contributed by atoms with E-state index in [-0.39, 0.29) is 5.91 Å². The van der Waals surface area contributed by atoms with Gasteiger partial charge in [-0.05, 0) is 25.5 Å². The van der Waals surface area contributed by atoms with Crippen LogP contribution in [0.4, 0.5) is 5.69 Å². The zero-order valence-electron chi connectivity index (χ0n) is 8.90. The molecule has 0 saturated carbocycles. The van der Waals surface area contributed by atoms with E-state index in [1.807, 2.05) is 26.0 Å². The van der Waals surface area contributed by atoms with E-state index in [0.29, 0.717) is 0 Å². The molecule has 3 nitrogen and oxygen atoms in total. The second-order valence-electron chi connectivity index (χ2n) is 3.06. The zero-order valence-corrected chi connectivity index (χ0v) is 8.90. The number of nitrogens with one attached hydrogen (secondary N) is 1. The Morgan fingerprint density at radius 3 is 2.93 bits per heavy atom. The van der Waals surface area contributed by atoms with E-state index in [1.165, 1.54) is 6.08 Å². The van der Waals surface area contributed by atoms with Crippen molar-refractivity contribution in [3.8, 4) is 0 Å². The van der Waals surface area contributed by atoms with Gasteiger partial charge in [-0.2, -0.15) is 0 Å². The predicted octanol–water partition coefficient (Wildman–Crippen LogP) is 2.46. The van der Waals surface area contributed by atoms with Crippen molar-refractivity contribution in [2.75, 3.05) is 5.32 Å². The van der Waals surface area contributed by atoms with Gasteiger partial charge in [-0.25, -0.2) is 0 Å². The molecule has 0 fully saturated rings. The maximum atomic E-state index is 11.4. The second kappa shape index (κ2) is 5.75. The molecule has 1 rings (SSSR count). The van der Waals surface area contributed by atoms with Gasteiger partial charge in [0.05, 0.1) is 11.9 Å². The summed E-state index contributed by atoms with van der Waals surface area (Å²) in [6.07, 6.45) is 10.2. The lowest BCUT2D eigenvalue weighted by atomic mass is 10.2. The Labute approximate surface area is 89.5 Å². The van der Waals surface area contributed by atoms with Gasteiger partial charge >= 0.3 is 0 Å². The number of nitrogens with zero attached hydrogens (tertiary/aromatic N) is 1. The number of allylic oxidation sites excluding steroid dienone is 3. The number of rotatable bonds is 3. The Balaban J connectivity index is 2.63. The third-order valence-corrected chi connectivity index (χ3v) is 1.85. The first-order chi connectivity index (χ1) is 7.24. The molecule has 0 radical (unpaired) electrons. The van der Waals surface area contributed by atoms with Gasteiger partial charge in [-0.15, -0.1) is 0 Å². The Kier molecular flexibility index (Phi) is 4.29. The molecule has 0 aliphatic heterocycles. The lowest BCUT2D eigenvalue weighted by Gasteiger charge is -2.03. The minimum absolute atomic E-state index is 0.149. The average Bonchev–Trinajstić information content (AvgIpc) is 2.22. The summed E-state index contributed by atoms with van der Waals surface area (Å²) in [5.74, 6) is -0.149. The highest BCUT2D eigenvalue weighted by atomic mass is 16.1. The van der Waals surface area contributed by atoms with Gasteiger partial charge in [-0.1, -0.05) is 18.2 Å². The topological polar surface area (TPSA) is 42.0 Å². The van der Waals surface area contributed by atoms with Crippen LogP contribution < -0.4 is 5.32 Å². The Morgan fingerprint density at radius 2 is 2.27 bits per heavy atom. The summed E-state index contributed by atoms with van der Waals surface area (Å²) >= 11 is 0. The number of hydrogen-bond donors (Lipinski definition) is 1. The molecule has 78 valence electrons. The smallest absolute Gasteiger partial charge is 0.248 e. The van der Waals surface area contributed by atoms with Crippen LogP contribution >= 0.6 is 0 Å². The molecule has 1 amide bonds. The van der Waals surface area contributed by atoms with Gasteiger partial charge in [0.25, 0.3) is 0 Å². The van der Waals surface area contributed by atoms with Crippen molar-refractivity contribution in [3.63, 3.8) is 0 Å². The second-order valence-corrected chi connectivity index (χ2v) is 3.06. The van der Waals surface area contributed by atoms with Crippen LogP contribution in [0.3, 0.4) is 0 Å². The molecular formula is C12H14N2O. The maximum Gasteiger partial charge on any atom is 0.248 e.